The monoisotopic (exact) mass is 299 g/mol. The number of halogens is 2. The highest BCUT2D eigenvalue weighted by Gasteiger charge is 2.44. The second-order valence-corrected chi connectivity index (χ2v) is 5.64. The second kappa shape index (κ2) is 4.51. The largest absolute Gasteiger partial charge is 0.465 e. The van der Waals surface area contributed by atoms with Crippen LogP contribution in [0.1, 0.15) is 36.7 Å². The third-order valence-corrected chi connectivity index (χ3v) is 4.12. The van der Waals surface area contributed by atoms with Gasteiger partial charge >= 0.3 is 6.09 Å². The van der Waals surface area contributed by atoms with Crippen molar-refractivity contribution in [2.75, 3.05) is 0 Å². The highest BCUT2D eigenvalue weighted by Crippen LogP contribution is 2.40. The van der Waals surface area contributed by atoms with Gasteiger partial charge in [-0.2, -0.15) is 13.9 Å². The first-order valence-electron chi connectivity index (χ1n) is 6.77. The van der Waals surface area contributed by atoms with Crippen LogP contribution in [0.2, 0.25) is 0 Å². The number of carbonyl (C=O) groups excluding carboxylic acids is 1. The number of hydrogen-bond donors (Lipinski definition) is 1. The van der Waals surface area contributed by atoms with Gasteiger partial charge in [0.1, 0.15) is 12.2 Å². The fourth-order valence-corrected chi connectivity index (χ4v) is 3.04. The predicted molar refractivity (Wildman–Crippen MR) is 67.1 cm³/mol. The molecular weight excluding hydrogens is 284 g/mol. The van der Waals surface area contributed by atoms with Crippen LogP contribution in [0.15, 0.2) is 0 Å². The minimum atomic E-state index is -3.16. The van der Waals surface area contributed by atoms with E-state index < -0.39 is 18.4 Å². The lowest BCUT2D eigenvalue weighted by Gasteiger charge is -2.31. The van der Waals surface area contributed by atoms with Gasteiger partial charge in [-0.15, -0.1) is 0 Å². The molecule has 114 valence electrons. The predicted octanol–water partition coefficient (Wildman–Crippen LogP) is 1.76. The molecule has 1 aromatic heterocycles. The molecule has 3 heterocycles. The molecule has 0 radical (unpaired) electrons. The normalized spacial score (nSPS) is 24.2. The Bertz CT molecular complexity index is 626. The molecule has 0 spiro atoms. The summed E-state index contributed by atoms with van der Waals surface area (Å²) in [6.45, 7) is 1.44. The Morgan fingerprint density at radius 1 is 1.43 bits per heavy atom. The minimum absolute atomic E-state index is 0.106. The molecule has 0 fully saturated rings. The molecule has 0 saturated heterocycles. The summed E-state index contributed by atoms with van der Waals surface area (Å²) in [5, 5.41) is 13.3. The summed E-state index contributed by atoms with van der Waals surface area (Å²) < 4.78 is 29.7. The molecule has 21 heavy (non-hydrogen) atoms. The highest BCUT2D eigenvalue weighted by molar-refractivity contribution is 5.78. The first-order valence-corrected chi connectivity index (χ1v) is 6.77. The Balaban J connectivity index is 2.11. The number of alkyl halides is 2. The van der Waals surface area contributed by atoms with E-state index in [0.717, 1.165) is 9.58 Å². The maximum absolute atomic E-state index is 14.3. The number of carbonyl (C=O) groups is 2. The fourth-order valence-electron chi connectivity index (χ4n) is 3.04. The molecule has 1 atom stereocenters. The zero-order valence-corrected chi connectivity index (χ0v) is 11.5. The van der Waals surface area contributed by atoms with Crippen LogP contribution in [0.3, 0.4) is 0 Å². The van der Waals surface area contributed by atoms with Gasteiger partial charge in [0.15, 0.2) is 5.78 Å². The van der Waals surface area contributed by atoms with E-state index in [1.165, 1.54) is 0 Å². The molecule has 1 N–H and O–H groups in total. The zero-order chi connectivity index (χ0) is 15.4. The van der Waals surface area contributed by atoms with E-state index in [2.05, 4.69) is 5.10 Å². The number of aromatic nitrogens is 2. The van der Waals surface area contributed by atoms with Gasteiger partial charge in [0, 0.05) is 30.9 Å². The van der Waals surface area contributed by atoms with Gasteiger partial charge in [-0.05, 0) is 6.92 Å². The number of hydrogen-bond acceptors (Lipinski definition) is 3. The maximum Gasteiger partial charge on any atom is 0.407 e. The van der Waals surface area contributed by atoms with Crippen LogP contribution in [0.5, 0.6) is 0 Å². The SMILES string of the molecule is CC1Cc2nn3c(c2CN1C(=O)O)C(F)(F)CCC(=O)C3. The van der Waals surface area contributed by atoms with Crippen LogP contribution in [0.4, 0.5) is 13.6 Å². The van der Waals surface area contributed by atoms with Crippen molar-refractivity contribution in [2.24, 2.45) is 0 Å². The Kier molecular flexibility index (Phi) is 3.00. The summed E-state index contributed by atoms with van der Waals surface area (Å²) >= 11 is 0. The lowest BCUT2D eigenvalue weighted by molar-refractivity contribution is -0.120. The molecule has 0 aliphatic carbocycles. The number of ketones is 1. The quantitative estimate of drug-likeness (QED) is 0.792. The average Bonchev–Trinajstić information content (AvgIpc) is 2.67. The number of Topliss-reactive ketones (excluding diaryl/α,β-unsaturated/α-hetero) is 1. The van der Waals surface area contributed by atoms with Crippen LogP contribution < -0.4 is 0 Å². The van der Waals surface area contributed by atoms with Crippen LogP contribution in [0.25, 0.3) is 0 Å². The van der Waals surface area contributed by atoms with Gasteiger partial charge < -0.3 is 10.0 Å². The Hall–Kier alpha value is -1.99. The van der Waals surface area contributed by atoms with Crippen LogP contribution in [0, 0.1) is 0 Å². The minimum Gasteiger partial charge on any atom is -0.465 e. The Morgan fingerprint density at radius 2 is 2.14 bits per heavy atom. The van der Waals surface area contributed by atoms with Crippen molar-refractivity contribution in [3.8, 4) is 0 Å². The van der Waals surface area contributed by atoms with Crippen molar-refractivity contribution >= 4 is 11.9 Å². The van der Waals surface area contributed by atoms with Crippen LogP contribution >= 0.6 is 0 Å². The van der Waals surface area contributed by atoms with E-state index in [0.29, 0.717) is 5.69 Å². The van der Waals surface area contributed by atoms with E-state index in [4.69, 9.17) is 5.11 Å². The molecule has 0 saturated carbocycles. The van der Waals surface area contributed by atoms with E-state index in [9.17, 15) is 18.4 Å². The third-order valence-electron chi connectivity index (χ3n) is 4.12. The van der Waals surface area contributed by atoms with Gasteiger partial charge in [0.25, 0.3) is 5.92 Å². The molecule has 8 heteroatoms. The molecule has 1 unspecified atom stereocenters. The molecular formula is C13H15F2N3O3. The zero-order valence-electron chi connectivity index (χ0n) is 11.5. The van der Waals surface area contributed by atoms with Crippen LogP contribution in [-0.4, -0.2) is 37.7 Å². The Labute approximate surface area is 119 Å². The van der Waals surface area contributed by atoms with E-state index >= 15 is 0 Å². The highest BCUT2D eigenvalue weighted by atomic mass is 19.3. The molecule has 2 aliphatic rings. The smallest absolute Gasteiger partial charge is 0.407 e. The third kappa shape index (κ3) is 2.18. The summed E-state index contributed by atoms with van der Waals surface area (Å²) in [4.78, 5) is 23.9. The van der Waals surface area contributed by atoms with Crippen molar-refractivity contribution in [2.45, 2.75) is 51.2 Å². The molecule has 1 amide bonds. The van der Waals surface area contributed by atoms with Crippen molar-refractivity contribution in [3.05, 3.63) is 17.0 Å². The van der Waals surface area contributed by atoms with Crippen molar-refractivity contribution in [1.82, 2.24) is 14.7 Å². The molecule has 0 bridgehead atoms. The average molecular weight is 299 g/mol. The summed E-state index contributed by atoms with van der Waals surface area (Å²) in [6.07, 6.45) is -1.59. The number of amides is 1. The van der Waals surface area contributed by atoms with Gasteiger partial charge in [-0.3, -0.25) is 9.48 Å². The van der Waals surface area contributed by atoms with E-state index in [1.54, 1.807) is 6.92 Å². The van der Waals surface area contributed by atoms with Crippen molar-refractivity contribution in [3.63, 3.8) is 0 Å². The lowest BCUT2D eigenvalue weighted by Crippen LogP contribution is -2.42. The van der Waals surface area contributed by atoms with Gasteiger partial charge in [0.05, 0.1) is 12.2 Å². The standard InChI is InChI=1S/C13H15F2N3O3/c1-7-4-10-9(6-17(7)12(20)21)11-13(14,15)3-2-8(19)5-18(11)16-10/h7H,2-6H2,1H3,(H,20,21). The van der Waals surface area contributed by atoms with Crippen molar-refractivity contribution in [1.29, 1.82) is 0 Å². The molecule has 6 nitrogen and oxygen atoms in total. The summed E-state index contributed by atoms with van der Waals surface area (Å²) in [7, 11) is 0. The van der Waals surface area contributed by atoms with Gasteiger partial charge in [0.2, 0.25) is 0 Å². The maximum atomic E-state index is 14.3. The van der Waals surface area contributed by atoms with E-state index in [-0.39, 0.29) is 49.0 Å². The van der Waals surface area contributed by atoms with Crippen molar-refractivity contribution < 1.29 is 23.5 Å². The molecule has 2 aliphatic heterocycles. The van der Waals surface area contributed by atoms with Gasteiger partial charge in [-0.1, -0.05) is 0 Å². The number of nitrogens with zero attached hydrogens (tertiary/aromatic N) is 3. The number of carboxylic acid groups (broad SMARTS) is 1. The lowest BCUT2D eigenvalue weighted by atomic mass is 9.97. The fraction of sp³-hybridized carbons (Fsp3) is 0.615. The van der Waals surface area contributed by atoms with Gasteiger partial charge in [-0.25, -0.2) is 4.79 Å². The number of fused-ring (bicyclic) bond motifs is 3. The first-order chi connectivity index (χ1) is 9.79. The number of rotatable bonds is 0. The summed E-state index contributed by atoms with van der Waals surface area (Å²) in [5.74, 6) is -3.44. The topological polar surface area (TPSA) is 75.4 Å². The molecule has 0 aromatic carbocycles. The van der Waals surface area contributed by atoms with Crippen LogP contribution in [-0.2, 0) is 30.2 Å². The molecule has 1 aromatic rings. The summed E-state index contributed by atoms with van der Waals surface area (Å²) in [5.41, 5.74) is 0.445. The van der Waals surface area contributed by atoms with E-state index in [1.807, 2.05) is 0 Å². The second-order valence-electron chi connectivity index (χ2n) is 5.64. The Morgan fingerprint density at radius 3 is 2.81 bits per heavy atom. The first kappa shape index (κ1) is 14.0. The molecule has 3 rings (SSSR count). The summed E-state index contributed by atoms with van der Waals surface area (Å²) in [6, 6.07) is -0.321.